The number of benzene rings is 1. The van der Waals surface area contributed by atoms with Crippen molar-refractivity contribution in [3.63, 3.8) is 0 Å². The van der Waals surface area contributed by atoms with Crippen LogP contribution >= 0.6 is 0 Å². The molecule has 30 heavy (non-hydrogen) atoms. The van der Waals surface area contributed by atoms with Gasteiger partial charge in [-0.05, 0) is 56.9 Å². The van der Waals surface area contributed by atoms with Crippen LogP contribution in [-0.2, 0) is 26.6 Å². The zero-order valence-corrected chi connectivity index (χ0v) is 16.5. The summed E-state index contributed by atoms with van der Waals surface area (Å²) in [5.41, 5.74) is -4.00. The second kappa shape index (κ2) is 7.71. The molecule has 0 radical (unpaired) electrons. The molecule has 0 saturated carbocycles. The third-order valence-electron chi connectivity index (χ3n) is 5.82. The maximum Gasteiger partial charge on any atom is 0.416 e. The van der Waals surface area contributed by atoms with E-state index in [0.29, 0.717) is 44.4 Å². The summed E-state index contributed by atoms with van der Waals surface area (Å²) in [5, 5.41) is 3.26. The van der Waals surface area contributed by atoms with Gasteiger partial charge in [0, 0.05) is 18.5 Å². The smallest absolute Gasteiger partial charge is 0.416 e. The number of alkyl halides is 6. The van der Waals surface area contributed by atoms with Crippen molar-refractivity contribution in [2.75, 3.05) is 13.2 Å². The fraction of sp³-hybridized carbons (Fsp3) is 0.650. The molecule has 1 aromatic carbocycles. The normalized spacial score (nSPS) is 28.6. The van der Waals surface area contributed by atoms with Gasteiger partial charge in [-0.2, -0.15) is 26.3 Å². The zero-order valence-electron chi connectivity index (χ0n) is 16.5. The van der Waals surface area contributed by atoms with Crippen molar-refractivity contribution in [2.24, 2.45) is 0 Å². The van der Waals surface area contributed by atoms with Gasteiger partial charge >= 0.3 is 18.3 Å². The molecule has 0 bridgehead atoms. The topological polar surface area (TPSA) is 47.6 Å². The van der Waals surface area contributed by atoms with Gasteiger partial charge in [-0.3, -0.25) is 4.79 Å². The van der Waals surface area contributed by atoms with Crippen molar-refractivity contribution >= 4 is 5.97 Å². The Kier molecular flexibility index (Phi) is 5.87. The van der Waals surface area contributed by atoms with Gasteiger partial charge in [0.1, 0.15) is 5.60 Å². The molecule has 2 aliphatic heterocycles. The van der Waals surface area contributed by atoms with E-state index in [9.17, 15) is 31.1 Å². The first-order valence-electron chi connectivity index (χ1n) is 9.59. The average Bonchev–Trinajstić information content (AvgIpc) is 3.02. The minimum atomic E-state index is -4.90. The van der Waals surface area contributed by atoms with E-state index >= 15 is 0 Å². The van der Waals surface area contributed by atoms with E-state index in [1.54, 1.807) is 0 Å². The molecular weight excluding hydrogens is 416 g/mol. The van der Waals surface area contributed by atoms with Crippen LogP contribution in [-0.4, -0.2) is 30.3 Å². The number of hydrogen-bond donors (Lipinski definition) is 1. The first-order chi connectivity index (χ1) is 13.7. The Bertz CT molecular complexity index is 764. The summed E-state index contributed by atoms with van der Waals surface area (Å²) in [4.78, 5) is 11.4. The summed E-state index contributed by atoms with van der Waals surface area (Å²) in [5.74, 6) is -0.240. The van der Waals surface area contributed by atoms with Crippen LogP contribution in [0, 0.1) is 0 Å². The van der Waals surface area contributed by atoms with Crippen molar-refractivity contribution in [1.82, 2.24) is 5.32 Å². The van der Waals surface area contributed by atoms with E-state index in [-0.39, 0.29) is 24.2 Å². The second-order valence-electron chi connectivity index (χ2n) is 8.36. The van der Waals surface area contributed by atoms with E-state index < -0.39 is 40.7 Å². The van der Waals surface area contributed by atoms with Crippen LogP contribution < -0.4 is 5.32 Å². The van der Waals surface area contributed by atoms with Gasteiger partial charge in [-0.15, -0.1) is 0 Å². The lowest BCUT2D eigenvalue weighted by Crippen LogP contribution is -2.58. The molecule has 0 amide bonds. The van der Waals surface area contributed by atoms with E-state index in [4.69, 9.17) is 9.47 Å². The molecule has 3 unspecified atom stereocenters. The molecule has 2 heterocycles. The Hall–Kier alpha value is -1.81. The maximum absolute atomic E-state index is 13.1. The molecule has 2 saturated heterocycles. The highest BCUT2D eigenvalue weighted by atomic mass is 19.4. The Balaban J connectivity index is 1.69. The molecule has 0 aromatic heterocycles. The van der Waals surface area contributed by atoms with Crippen molar-refractivity contribution < 1.29 is 40.6 Å². The average molecular weight is 439 g/mol. The van der Waals surface area contributed by atoms with Gasteiger partial charge < -0.3 is 14.8 Å². The Morgan fingerprint density at radius 1 is 1.07 bits per heavy atom. The number of piperidine rings is 1. The molecule has 1 spiro atoms. The summed E-state index contributed by atoms with van der Waals surface area (Å²) in [6, 6.07) is 1.47. The van der Waals surface area contributed by atoms with Gasteiger partial charge in [-0.25, -0.2) is 0 Å². The number of halogens is 6. The molecule has 10 heteroatoms. The Morgan fingerprint density at radius 3 is 2.10 bits per heavy atom. The fourth-order valence-electron chi connectivity index (χ4n) is 3.77. The third-order valence-corrected chi connectivity index (χ3v) is 5.82. The minimum Gasteiger partial charge on any atom is -0.458 e. The third kappa shape index (κ3) is 5.08. The van der Waals surface area contributed by atoms with Gasteiger partial charge in [0.25, 0.3) is 0 Å². The molecule has 2 fully saturated rings. The summed E-state index contributed by atoms with van der Waals surface area (Å²) >= 11 is 0. The van der Waals surface area contributed by atoms with Crippen molar-refractivity contribution in [3.05, 3.63) is 34.9 Å². The maximum atomic E-state index is 13.1. The van der Waals surface area contributed by atoms with Crippen LogP contribution in [0.25, 0.3) is 0 Å². The van der Waals surface area contributed by atoms with E-state index in [1.165, 1.54) is 6.92 Å². The first-order valence-corrected chi connectivity index (χ1v) is 9.59. The predicted molar refractivity (Wildman–Crippen MR) is 94.5 cm³/mol. The number of rotatable bonds is 4. The molecule has 0 aliphatic carbocycles. The van der Waals surface area contributed by atoms with Crippen LogP contribution in [0.5, 0.6) is 0 Å². The highest BCUT2D eigenvalue weighted by molar-refractivity contribution is 5.72. The molecule has 1 N–H and O–H groups in total. The Morgan fingerprint density at radius 2 is 1.67 bits per heavy atom. The van der Waals surface area contributed by atoms with Gasteiger partial charge in [0.2, 0.25) is 0 Å². The van der Waals surface area contributed by atoms with Gasteiger partial charge in [0.15, 0.2) is 0 Å². The standard InChI is InChI=1S/C20H23F6NO3/c1-12(13-7-14(19(21,22)23)9-15(8-13)20(24,25)26)29-11-17(2)5-6-18(10-27-17)4-3-16(28)30-18/h7-9,12,27H,3-6,10-11H2,1-2H3. The van der Waals surface area contributed by atoms with Crippen LogP contribution in [0.1, 0.15) is 62.3 Å². The minimum absolute atomic E-state index is 0.0792. The van der Waals surface area contributed by atoms with Gasteiger partial charge in [-0.1, -0.05) is 0 Å². The quantitative estimate of drug-likeness (QED) is 0.529. The second-order valence-corrected chi connectivity index (χ2v) is 8.36. The van der Waals surface area contributed by atoms with E-state index in [2.05, 4.69) is 5.32 Å². The molecular formula is C20H23F6NO3. The van der Waals surface area contributed by atoms with E-state index in [1.807, 2.05) is 6.92 Å². The first kappa shape index (κ1) is 22.9. The van der Waals surface area contributed by atoms with Crippen LogP contribution in [0.15, 0.2) is 18.2 Å². The SMILES string of the molecule is CC(OCC1(C)CCC2(CCC(=O)O2)CN1)c1cc(C(F)(F)F)cc(C(F)(F)F)c1. The van der Waals surface area contributed by atoms with Crippen LogP contribution in [0.3, 0.4) is 0 Å². The number of carbonyl (C=O) groups is 1. The predicted octanol–water partition coefficient (Wildman–Crippen LogP) is 5.02. The van der Waals surface area contributed by atoms with Crippen molar-refractivity contribution in [1.29, 1.82) is 0 Å². The number of ether oxygens (including phenoxy) is 2. The Labute approximate surface area is 169 Å². The molecule has 4 nitrogen and oxygen atoms in total. The molecule has 3 rings (SSSR count). The summed E-state index contributed by atoms with van der Waals surface area (Å²) in [7, 11) is 0. The molecule has 3 atom stereocenters. The number of nitrogens with one attached hydrogen (secondary N) is 1. The van der Waals surface area contributed by atoms with Gasteiger partial charge in [0.05, 0.1) is 23.8 Å². The summed E-state index contributed by atoms with van der Waals surface area (Å²) in [6.45, 7) is 3.78. The lowest BCUT2D eigenvalue weighted by Gasteiger charge is -2.43. The number of carbonyl (C=O) groups excluding carboxylic acids is 1. The van der Waals surface area contributed by atoms with Crippen LogP contribution in [0.4, 0.5) is 26.3 Å². The molecule has 1 aromatic rings. The highest BCUT2D eigenvalue weighted by Crippen LogP contribution is 2.39. The fourth-order valence-corrected chi connectivity index (χ4v) is 3.77. The molecule has 168 valence electrons. The van der Waals surface area contributed by atoms with Crippen LogP contribution in [0.2, 0.25) is 0 Å². The van der Waals surface area contributed by atoms with E-state index in [0.717, 1.165) is 0 Å². The summed E-state index contributed by atoms with van der Waals surface area (Å²) < 4.78 is 89.4. The molecule has 2 aliphatic rings. The monoisotopic (exact) mass is 439 g/mol. The zero-order chi connectivity index (χ0) is 22.4. The number of hydrogen-bond acceptors (Lipinski definition) is 4. The summed E-state index contributed by atoms with van der Waals surface area (Å²) in [6.07, 6.45) is -8.60. The lowest BCUT2D eigenvalue weighted by atomic mass is 9.82. The lowest BCUT2D eigenvalue weighted by molar-refractivity contribution is -0.151. The van der Waals surface area contributed by atoms with Crippen molar-refractivity contribution in [2.45, 2.75) is 69.1 Å². The van der Waals surface area contributed by atoms with Crippen molar-refractivity contribution in [3.8, 4) is 0 Å². The number of esters is 1. The largest absolute Gasteiger partial charge is 0.458 e. The highest BCUT2D eigenvalue weighted by Gasteiger charge is 2.46.